The number of aliphatic hydroxyl groups is 1. The van der Waals surface area contributed by atoms with Crippen LogP contribution in [0.3, 0.4) is 0 Å². The molecule has 0 aliphatic heterocycles. The van der Waals surface area contributed by atoms with Crippen molar-refractivity contribution in [2.45, 2.75) is 33.3 Å². The second-order valence-electron chi connectivity index (χ2n) is 3.81. The molecule has 3 heteroatoms. The lowest BCUT2D eigenvalue weighted by Gasteiger charge is -2.33. The summed E-state index contributed by atoms with van der Waals surface area (Å²) in [5.41, 5.74) is -1.91. The second kappa shape index (κ2) is 2.81. The molecule has 0 saturated heterocycles. The highest BCUT2D eigenvalue weighted by atomic mass is 16.5. The summed E-state index contributed by atoms with van der Waals surface area (Å²) in [6, 6.07) is 0. The molecule has 0 radical (unpaired) electrons. The van der Waals surface area contributed by atoms with E-state index in [4.69, 9.17) is 0 Å². The first-order valence-electron chi connectivity index (χ1n) is 3.54. The monoisotopic (exact) mass is 160 g/mol. The van der Waals surface area contributed by atoms with Crippen molar-refractivity contribution in [3.05, 3.63) is 0 Å². The molecule has 0 fully saturated rings. The Morgan fingerprint density at radius 2 is 1.64 bits per heavy atom. The summed E-state index contributed by atoms with van der Waals surface area (Å²) < 4.78 is 4.45. The van der Waals surface area contributed by atoms with E-state index in [1.807, 2.05) is 0 Å². The van der Waals surface area contributed by atoms with Crippen molar-refractivity contribution in [3.63, 3.8) is 0 Å². The minimum atomic E-state index is -1.41. The van der Waals surface area contributed by atoms with Crippen molar-refractivity contribution in [3.8, 4) is 0 Å². The molecule has 0 aromatic rings. The molecule has 0 aliphatic carbocycles. The van der Waals surface area contributed by atoms with Gasteiger partial charge in [0, 0.05) is 5.41 Å². The van der Waals surface area contributed by atoms with Crippen LogP contribution in [0.15, 0.2) is 0 Å². The molecule has 0 spiro atoms. The van der Waals surface area contributed by atoms with E-state index in [-0.39, 0.29) is 0 Å². The smallest absolute Gasteiger partial charge is 0.338 e. The number of esters is 1. The standard InChI is InChI=1S/C8H16O3/c1-7(2,3)8(4,10)6(9)11-5/h10H,1-5H3. The Bertz CT molecular complexity index is 153. The quantitative estimate of drug-likeness (QED) is 0.581. The van der Waals surface area contributed by atoms with Crippen LogP contribution in [0.1, 0.15) is 27.7 Å². The van der Waals surface area contributed by atoms with E-state index < -0.39 is 17.0 Å². The fourth-order valence-corrected chi connectivity index (χ4v) is 0.505. The molecule has 3 nitrogen and oxygen atoms in total. The van der Waals surface area contributed by atoms with Gasteiger partial charge in [-0.15, -0.1) is 0 Å². The molecule has 0 aromatic carbocycles. The van der Waals surface area contributed by atoms with Gasteiger partial charge in [-0.1, -0.05) is 20.8 Å². The number of hydrogen-bond acceptors (Lipinski definition) is 3. The van der Waals surface area contributed by atoms with Crippen LogP contribution >= 0.6 is 0 Å². The average molecular weight is 160 g/mol. The maximum absolute atomic E-state index is 11.0. The van der Waals surface area contributed by atoms with Crippen LogP contribution in [0.2, 0.25) is 0 Å². The zero-order chi connectivity index (χ0) is 9.28. The molecule has 1 atom stereocenters. The van der Waals surface area contributed by atoms with Crippen LogP contribution in [0, 0.1) is 5.41 Å². The molecule has 66 valence electrons. The molecule has 0 amide bonds. The van der Waals surface area contributed by atoms with Gasteiger partial charge < -0.3 is 9.84 Å². The van der Waals surface area contributed by atoms with Gasteiger partial charge in [0.15, 0.2) is 5.60 Å². The lowest BCUT2D eigenvalue weighted by Crippen LogP contribution is -2.47. The molecule has 0 heterocycles. The van der Waals surface area contributed by atoms with Gasteiger partial charge in [0.25, 0.3) is 0 Å². The Morgan fingerprint density at radius 3 is 1.73 bits per heavy atom. The number of ether oxygens (including phenoxy) is 1. The first-order valence-corrected chi connectivity index (χ1v) is 3.54. The van der Waals surface area contributed by atoms with Crippen molar-refractivity contribution in [1.82, 2.24) is 0 Å². The van der Waals surface area contributed by atoms with Gasteiger partial charge in [-0.2, -0.15) is 0 Å². The number of methoxy groups -OCH3 is 1. The van der Waals surface area contributed by atoms with Crippen molar-refractivity contribution in [1.29, 1.82) is 0 Å². The molecule has 11 heavy (non-hydrogen) atoms. The van der Waals surface area contributed by atoms with Crippen LogP contribution in [0.5, 0.6) is 0 Å². The maximum Gasteiger partial charge on any atom is 0.338 e. The molecule has 0 bridgehead atoms. The van der Waals surface area contributed by atoms with Gasteiger partial charge in [-0.05, 0) is 6.92 Å². The second-order valence-corrected chi connectivity index (χ2v) is 3.81. The zero-order valence-electron chi connectivity index (χ0n) is 7.76. The highest BCUT2D eigenvalue weighted by molar-refractivity contribution is 5.79. The molecular formula is C8H16O3. The van der Waals surface area contributed by atoms with Crippen molar-refractivity contribution >= 4 is 5.97 Å². The molecule has 0 rings (SSSR count). The molecule has 1 unspecified atom stereocenters. The SMILES string of the molecule is COC(=O)C(C)(O)C(C)(C)C. The van der Waals surface area contributed by atoms with Crippen LogP contribution in [0.25, 0.3) is 0 Å². The van der Waals surface area contributed by atoms with E-state index in [9.17, 15) is 9.90 Å². The number of carbonyl (C=O) groups excluding carboxylic acids is 1. The Morgan fingerprint density at radius 1 is 1.27 bits per heavy atom. The third-order valence-corrected chi connectivity index (χ3v) is 2.04. The summed E-state index contributed by atoms with van der Waals surface area (Å²) in [5.74, 6) is -0.593. The van der Waals surface area contributed by atoms with Crippen LogP contribution in [-0.4, -0.2) is 23.8 Å². The summed E-state index contributed by atoms with van der Waals surface area (Å²) in [5, 5.41) is 9.64. The lowest BCUT2D eigenvalue weighted by atomic mass is 9.78. The largest absolute Gasteiger partial charge is 0.467 e. The molecular weight excluding hydrogens is 144 g/mol. The van der Waals surface area contributed by atoms with E-state index in [0.29, 0.717) is 0 Å². The van der Waals surface area contributed by atoms with Crippen LogP contribution in [0.4, 0.5) is 0 Å². The van der Waals surface area contributed by atoms with E-state index in [2.05, 4.69) is 4.74 Å². The predicted molar refractivity (Wildman–Crippen MR) is 42.1 cm³/mol. The fourth-order valence-electron chi connectivity index (χ4n) is 0.505. The van der Waals surface area contributed by atoms with Crippen molar-refractivity contribution in [2.24, 2.45) is 5.41 Å². The molecule has 1 N–H and O–H groups in total. The third-order valence-electron chi connectivity index (χ3n) is 2.04. The first kappa shape index (κ1) is 10.4. The van der Waals surface area contributed by atoms with Gasteiger partial charge in [0.05, 0.1) is 7.11 Å². The van der Waals surface area contributed by atoms with Gasteiger partial charge in [0.2, 0.25) is 0 Å². The molecule has 0 saturated carbocycles. The third kappa shape index (κ3) is 1.93. The maximum atomic E-state index is 11.0. The topological polar surface area (TPSA) is 46.5 Å². The van der Waals surface area contributed by atoms with E-state index in [1.54, 1.807) is 20.8 Å². The Kier molecular flexibility index (Phi) is 2.67. The van der Waals surface area contributed by atoms with Crippen LogP contribution < -0.4 is 0 Å². The van der Waals surface area contributed by atoms with E-state index in [1.165, 1.54) is 14.0 Å². The van der Waals surface area contributed by atoms with Gasteiger partial charge in [0.1, 0.15) is 0 Å². The van der Waals surface area contributed by atoms with E-state index in [0.717, 1.165) is 0 Å². The fraction of sp³-hybridized carbons (Fsp3) is 0.875. The Hall–Kier alpha value is -0.570. The lowest BCUT2D eigenvalue weighted by molar-refractivity contribution is -0.171. The summed E-state index contributed by atoms with van der Waals surface area (Å²) in [6.07, 6.45) is 0. The molecule has 0 aliphatic rings. The number of hydrogen-bond donors (Lipinski definition) is 1. The van der Waals surface area contributed by atoms with Crippen molar-refractivity contribution < 1.29 is 14.6 Å². The first-order chi connectivity index (χ1) is 4.73. The van der Waals surface area contributed by atoms with Gasteiger partial charge in [-0.3, -0.25) is 0 Å². The average Bonchev–Trinajstić information content (AvgIpc) is 1.83. The van der Waals surface area contributed by atoms with E-state index >= 15 is 0 Å². The summed E-state index contributed by atoms with van der Waals surface area (Å²) >= 11 is 0. The van der Waals surface area contributed by atoms with Crippen LogP contribution in [-0.2, 0) is 9.53 Å². The summed E-state index contributed by atoms with van der Waals surface area (Å²) in [4.78, 5) is 11.0. The van der Waals surface area contributed by atoms with Gasteiger partial charge >= 0.3 is 5.97 Å². The predicted octanol–water partition coefficient (Wildman–Crippen LogP) is 0.956. The Labute approximate surface area is 67.4 Å². The number of rotatable bonds is 1. The minimum Gasteiger partial charge on any atom is -0.467 e. The highest BCUT2D eigenvalue weighted by Gasteiger charge is 2.43. The highest BCUT2D eigenvalue weighted by Crippen LogP contribution is 2.30. The van der Waals surface area contributed by atoms with Gasteiger partial charge in [-0.25, -0.2) is 4.79 Å². The Balaban J connectivity index is 4.59. The number of carbonyl (C=O) groups is 1. The van der Waals surface area contributed by atoms with Crippen molar-refractivity contribution in [2.75, 3.05) is 7.11 Å². The minimum absolute atomic E-state index is 0.500. The summed E-state index contributed by atoms with van der Waals surface area (Å²) in [6.45, 7) is 6.80. The summed E-state index contributed by atoms with van der Waals surface area (Å²) in [7, 11) is 1.27. The molecule has 0 aromatic heterocycles. The normalized spacial score (nSPS) is 17.3. The zero-order valence-corrected chi connectivity index (χ0v) is 7.76.